The molecule has 0 amide bonds. The van der Waals surface area contributed by atoms with E-state index in [2.05, 4.69) is 20.7 Å². The summed E-state index contributed by atoms with van der Waals surface area (Å²) in [5, 5.41) is 8.99. The van der Waals surface area contributed by atoms with Gasteiger partial charge in [-0.1, -0.05) is 28.1 Å². The van der Waals surface area contributed by atoms with E-state index in [1.165, 1.54) is 0 Å². The molecule has 4 nitrogen and oxygen atoms in total. The molecule has 0 saturated carbocycles. The summed E-state index contributed by atoms with van der Waals surface area (Å²) in [7, 11) is -3.76. The Bertz CT molecular complexity index is 750. The molecule has 0 aromatic heterocycles. The molecule has 0 aliphatic carbocycles. The van der Waals surface area contributed by atoms with Crippen molar-refractivity contribution in [1.82, 2.24) is 4.72 Å². The lowest BCUT2D eigenvalue weighted by Gasteiger charge is -2.09. The van der Waals surface area contributed by atoms with Crippen molar-refractivity contribution in [3.05, 3.63) is 63.9 Å². The summed E-state index contributed by atoms with van der Waals surface area (Å²) in [5.74, 6) is -0.636. The normalized spacial score (nSPS) is 11.6. The minimum absolute atomic E-state index is 0.0552. The highest BCUT2D eigenvalue weighted by atomic mass is 79.9. The van der Waals surface area contributed by atoms with Crippen LogP contribution in [-0.4, -0.2) is 13.5 Å². The average Bonchev–Trinajstić information content (AvgIpc) is 2.46. The Morgan fingerprint density at radius 1 is 1.19 bits per heavy atom. The van der Waals surface area contributed by atoms with Crippen molar-refractivity contribution in [3.8, 4) is 0 Å². The minimum Gasteiger partial charge on any atom is -0.392 e. The fourth-order valence-electron chi connectivity index (χ4n) is 1.75. The largest absolute Gasteiger partial charge is 0.392 e. The first-order valence-corrected chi connectivity index (χ1v) is 8.33. The number of hydrogen-bond acceptors (Lipinski definition) is 3. The van der Waals surface area contributed by atoms with Crippen LogP contribution in [0.2, 0.25) is 0 Å². The van der Waals surface area contributed by atoms with Gasteiger partial charge in [-0.25, -0.2) is 17.5 Å². The average molecular weight is 374 g/mol. The number of rotatable bonds is 5. The molecule has 0 atom stereocenters. The number of aliphatic hydroxyl groups is 1. The number of hydrogen-bond donors (Lipinski definition) is 2. The number of benzene rings is 2. The first kappa shape index (κ1) is 16.1. The zero-order valence-electron chi connectivity index (χ0n) is 10.9. The third-order valence-corrected chi connectivity index (χ3v) is 4.75. The molecule has 112 valence electrons. The zero-order valence-corrected chi connectivity index (χ0v) is 13.3. The van der Waals surface area contributed by atoms with Crippen LogP contribution in [0.1, 0.15) is 11.1 Å². The van der Waals surface area contributed by atoms with E-state index in [0.29, 0.717) is 0 Å². The molecule has 2 N–H and O–H groups in total. The molecule has 7 heteroatoms. The second kappa shape index (κ2) is 6.65. The maximum atomic E-state index is 13.3. The van der Waals surface area contributed by atoms with E-state index in [1.54, 1.807) is 18.2 Å². The second-order valence-electron chi connectivity index (χ2n) is 4.37. The fraction of sp³-hybridized carbons (Fsp3) is 0.143. The summed E-state index contributed by atoms with van der Waals surface area (Å²) in [6.07, 6.45) is 0. The van der Waals surface area contributed by atoms with Crippen LogP contribution < -0.4 is 4.72 Å². The molecule has 21 heavy (non-hydrogen) atoms. The van der Waals surface area contributed by atoms with Gasteiger partial charge in [-0.05, 0) is 35.9 Å². The summed E-state index contributed by atoms with van der Waals surface area (Å²) in [4.78, 5) is -0.0806. The molecule has 2 aromatic rings. The molecule has 2 rings (SSSR count). The maximum Gasteiger partial charge on any atom is 0.240 e. The van der Waals surface area contributed by atoms with E-state index in [4.69, 9.17) is 5.11 Å². The van der Waals surface area contributed by atoms with Crippen molar-refractivity contribution in [1.29, 1.82) is 0 Å². The van der Waals surface area contributed by atoms with Crippen molar-refractivity contribution >= 4 is 26.0 Å². The topological polar surface area (TPSA) is 66.4 Å². The Labute approximate surface area is 130 Å². The SMILES string of the molecule is O=S(=O)(NCc1cccc(Br)c1)c1ccc(F)c(CO)c1. The van der Waals surface area contributed by atoms with Crippen LogP contribution in [0.25, 0.3) is 0 Å². The molecule has 0 unspecified atom stereocenters. The van der Waals surface area contributed by atoms with Gasteiger partial charge in [-0.15, -0.1) is 0 Å². The Morgan fingerprint density at radius 2 is 1.95 bits per heavy atom. The first-order chi connectivity index (χ1) is 9.92. The van der Waals surface area contributed by atoms with E-state index in [-0.39, 0.29) is 17.0 Å². The van der Waals surface area contributed by atoms with Gasteiger partial charge in [0.15, 0.2) is 0 Å². The van der Waals surface area contributed by atoms with Crippen LogP contribution in [0.4, 0.5) is 4.39 Å². The lowest BCUT2D eigenvalue weighted by Crippen LogP contribution is -2.23. The van der Waals surface area contributed by atoms with E-state index in [0.717, 1.165) is 28.2 Å². The second-order valence-corrected chi connectivity index (χ2v) is 7.05. The van der Waals surface area contributed by atoms with Crippen molar-refractivity contribution < 1.29 is 17.9 Å². The van der Waals surface area contributed by atoms with Gasteiger partial charge in [0.05, 0.1) is 11.5 Å². The molecule has 0 aliphatic rings. The predicted molar refractivity (Wildman–Crippen MR) is 80.5 cm³/mol. The number of sulfonamides is 1. The van der Waals surface area contributed by atoms with Gasteiger partial charge in [-0.2, -0.15) is 0 Å². The summed E-state index contributed by atoms with van der Waals surface area (Å²) < 4.78 is 40.8. The third kappa shape index (κ3) is 4.10. The molecule has 2 aromatic carbocycles. The smallest absolute Gasteiger partial charge is 0.240 e. The van der Waals surface area contributed by atoms with E-state index >= 15 is 0 Å². The molecular formula is C14H13BrFNO3S. The minimum atomic E-state index is -3.76. The number of nitrogens with one attached hydrogen (secondary N) is 1. The highest BCUT2D eigenvalue weighted by molar-refractivity contribution is 9.10. The molecular weight excluding hydrogens is 361 g/mol. The summed E-state index contributed by atoms with van der Waals surface area (Å²) >= 11 is 3.31. The highest BCUT2D eigenvalue weighted by Crippen LogP contribution is 2.16. The zero-order chi connectivity index (χ0) is 15.5. The summed E-state index contributed by atoms with van der Waals surface area (Å²) in [6, 6.07) is 10.5. The monoisotopic (exact) mass is 373 g/mol. The molecule has 0 aliphatic heterocycles. The summed E-state index contributed by atoms with van der Waals surface area (Å²) in [6.45, 7) is -0.436. The fourth-order valence-corrected chi connectivity index (χ4v) is 3.26. The number of halogens is 2. The molecule has 0 radical (unpaired) electrons. The van der Waals surface area contributed by atoms with Gasteiger partial charge in [0, 0.05) is 16.6 Å². The van der Waals surface area contributed by atoms with Crippen molar-refractivity contribution in [2.75, 3.05) is 0 Å². The quantitative estimate of drug-likeness (QED) is 0.846. The lowest BCUT2D eigenvalue weighted by molar-refractivity contribution is 0.275. The molecule has 0 fully saturated rings. The highest BCUT2D eigenvalue weighted by Gasteiger charge is 2.15. The van der Waals surface area contributed by atoms with E-state index < -0.39 is 22.4 Å². The molecule has 0 spiro atoms. The van der Waals surface area contributed by atoms with Crippen molar-refractivity contribution in [2.24, 2.45) is 0 Å². The Kier molecular flexibility index (Phi) is 5.10. The van der Waals surface area contributed by atoms with Crippen LogP contribution in [0.3, 0.4) is 0 Å². The van der Waals surface area contributed by atoms with Gasteiger partial charge < -0.3 is 5.11 Å². The van der Waals surface area contributed by atoms with Crippen molar-refractivity contribution in [3.63, 3.8) is 0 Å². The van der Waals surface area contributed by atoms with Gasteiger partial charge in [0.1, 0.15) is 5.82 Å². The van der Waals surface area contributed by atoms with Crippen molar-refractivity contribution in [2.45, 2.75) is 18.0 Å². The predicted octanol–water partition coefficient (Wildman–Crippen LogP) is 2.56. The van der Waals surface area contributed by atoms with Crippen LogP contribution in [0.5, 0.6) is 0 Å². The van der Waals surface area contributed by atoms with E-state index in [9.17, 15) is 12.8 Å². The van der Waals surface area contributed by atoms with Crippen LogP contribution >= 0.6 is 15.9 Å². The molecule has 0 saturated heterocycles. The Morgan fingerprint density at radius 3 is 2.62 bits per heavy atom. The van der Waals surface area contributed by atoms with Crippen LogP contribution in [0.15, 0.2) is 51.8 Å². The Balaban J connectivity index is 2.18. The van der Waals surface area contributed by atoms with Gasteiger partial charge >= 0.3 is 0 Å². The van der Waals surface area contributed by atoms with Gasteiger partial charge in [-0.3, -0.25) is 0 Å². The standard InChI is InChI=1S/C14H13BrFNO3S/c15-12-3-1-2-10(6-12)8-17-21(19,20)13-4-5-14(16)11(7-13)9-18/h1-7,17-18H,8-9H2. The first-order valence-electron chi connectivity index (χ1n) is 6.06. The van der Waals surface area contributed by atoms with E-state index in [1.807, 2.05) is 6.07 Å². The maximum absolute atomic E-state index is 13.3. The van der Waals surface area contributed by atoms with Crippen LogP contribution in [0, 0.1) is 5.82 Å². The summed E-state index contributed by atoms with van der Waals surface area (Å²) in [5.41, 5.74) is 0.734. The molecule has 0 heterocycles. The third-order valence-electron chi connectivity index (χ3n) is 2.85. The van der Waals surface area contributed by atoms with Gasteiger partial charge in [0.2, 0.25) is 10.0 Å². The Hall–Kier alpha value is -1.28. The van der Waals surface area contributed by atoms with Crippen LogP contribution in [-0.2, 0) is 23.2 Å². The van der Waals surface area contributed by atoms with Gasteiger partial charge in [0.25, 0.3) is 0 Å². The molecule has 0 bridgehead atoms. The number of aliphatic hydroxyl groups excluding tert-OH is 1. The lowest BCUT2D eigenvalue weighted by atomic mass is 10.2.